The highest BCUT2D eigenvalue weighted by molar-refractivity contribution is 5.78. The summed E-state index contributed by atoms with van der Waals surface area (Å²) in [6, 6.07) is 6.10. The molecule has 0 saturated heterocycles. The number of hydrogen-bond donors (Lipinski definition) is 2. The lowest BCUT2D eigenvalue weighted by Gasteiger charge is -2.10. The third-order valence-corrected chi connectivity index (χ3v) is 2.20. The minimum atomic E-state index is -0.746. The van der Waals surface area contributed by atoms with Crippen LogP contribution >= 0.6 is 0 Å². The quantitative estimate of drug-likeness (QED) is 0.762. The largest absolute Gasteiger partial charge is 0.389 e. The van der Waals surface area contributed by atoms with E-state index in [1.807, 2.05) is 0 Å². The van der Waals surface area contributed by atoms with Gasteiger partial charge < -0.3 is 15.2 Å². The van der Waals surface area contributed by atoms with Crippen LogP contribution in [0.1, 0.15) is 5.56 Å². The van der Waals surface area contributed by atoms with Crippen molar-refractivity contribution in [2.75, 3.05) is 20.3 Å². The van der Waals surface area contributed by atoms with Crippen LogP contribution in [0.4, 0.5) is 4.39 Å². The molecule has 0 radical (unpaired) electrons. The van der Waals surface area contributed by atoms with Gasteiger partial charge in [-0.1, -0.05) is 18.2 Å². The zero-order valence-electron chi connectivity index (χ0n) is 9.65. The molecule has 0 heterocycles. The number of hydrogen-bond acceptors (Lipinski definition) is 3. The number of aliphatic hydroxyl groups excluding tert-OH is 1. The molecule has 1 aromatic rings. The van der Waals surface area contributed by atoms with Crippen LogP contribution < -0.4 is 5.32 Å². The molecule has 1 aromatic carbocycles. The molecule has 1 unspecified atom stereocenters. The lowest BCUT2D eigenvalue weighted by molar-refractivity contribution is -0.121. The zero-order valence-corrected chi connectivity index (χ0v) is 9.65. The molecule has 0 aliphatic carbocycles. The van der Waals surface area contributed by atoms with Gasteiger partial charge in [0.1, 0.15) is 5.82 Å². The van der Waals surface area contributed by atoms with Crippen LogP contribution in [0.15, 0.2) is 24.3 Å². The first-order chi connectivity index (χ1) is 8.13. The fourth-order valence-corrected chi connectivity index (χ4v) is 1.36. The Morgan fingerprint density at radius 1 is 1.53 bits per heavy atom. The number of carbonyl (C=O) groups is 1. The van der Waals surface area contributed by atoms with Gasteiger partial charge in [0.05, 0.1) is 19.1 Å². The first-order valence-electron chi connectivity index (χ1n) is 5.30. The van der Waals surface area contributed by atoms with Gasteiger partial charge in [0, 0.05) is 13.7 Å². The average molecular weight is 241 g/mol. The van der Waals surface area contributed by atoms with Crippen LogP contribution in [0.5, 0.6) is 0 Å². The van der Waals surface area contributed by atoms with Gasteiger partial charge >= 0.3 is 0 Å². The van der Waals surface area contributed by atoms with Gasteiger partial charge in [-0.3, -0.25) is 4.79 Å². The lowest BCUT2D eigenvalue weighted by atomic mass is 10.1. The summed E-state index contributed by atoms with van der Waals surface area (Å²) in [5.74, 6) is -0.731. The van der Waals surface area contributed by atoms with Crippen LogP contribution in [0, 0.1) is 5.82 Å². The van der Waals surface area contributed by atoms with Gasteiger partial charge in [0.15, 0.2) is 0 Å². The van der Waals surface area contributed by atoms with Crippen LogP contribution in [-0.4, -0.2) is 37.4 Å². The van der Waals surface area contributed by atoms with Crippen molar-refractivity contribution < 1.29 is 19.0 Å². The normalized spacial score (nSPS) is 12.2. The first kappa shape index (κ1) is 13.6. The number of amides is 1. The van der Waals surface area contributed by atoms with E-state index in [1.165, 1.54) is 13.2 Å². The molecule has 0 bridgehead atoms. The zero-order chi connectivity index (χ0) is 12.7. The number of halogens is 1. The second-order valence-electron chi connectivity index (χ2n) is 3.68. The van der Waals surface area contributed by atoms with Crippen LogP contribution in [0.2, 0.25) is 0 Å². The molecule has 1 atom stereocenters. The average Bonchev–Trinajstić information content (AvgIpc) is 2.30. The van der Waals surface area contributed by atoms with Crippen molar-refractivity contribution in [2.24, 2.45) is 0 Å². The Hall–Kier alpha value is -1.46. The highest BCUT2D eigenvalue weighted by Crippen LogP contribution is 2.06. The van der Waals surface area contributed by atoms with Crippen LogP contribution in [0.3, 0.4) is 0 Å². The van der Waals surface area contributed by atoms with E-state index < -0.39 is 11.9 Å². The summed E-state index contributed by atoms with van der Waals surface area (Å²) < 4.78 is 17.9. The Balaban J connectivity index is 2.37. The van der Waals surface area contributed by atoms with Crippen molar-refractivity contribution in [2.45, 2.75) is 12.5 Å². The van der Waals surface area contributed by atoms with Gasteiger partial charge in [0.25, 0.3) is 0 Å². The highest BCUT2D eigenvalue weighted by atomic mass is 19.1. The number of ether oxygens (including phenoxy) is 1. The standard InChI is InChI=1S/C12H16FNO3/c1-17-8-10(15)7-14-12(16)6-9-4-2-3-5-11(9)13/h2-5,10,15H,6-8H2,1H3,(H,14,16). The topological polar surface area (TPSA) is 58.6 Å². The lowest BCUT2D eigenvalue weighted by Crippen LogP contribution is -2.35. The number of carbonyl (C=O) groups excluding carboxylic acids is 1. The summed E-state index contributed by atoms with van der Waals surface area (Å²) in [5.41, 5.74) is 0.339. The summed E-state index contributed by atoms with van der Waals surface area (Å²) in [5, 5.41) is 11.8. The number of aliphatic hydroxyl groups is 1. The molecule has 94 valence electrons. The third kappa shape index (κ3) is 4.93. The molecule has 2 N–H and O–H groups in total. The second-order valence-corrected chi connectivity index (χ2v) is 3.68. The van der Waals surface area contributed by atoms with E-state index in [9.17, 15) is 14.3 Å². The molecule has 1 rings (SSSR count). The predicted molar refractivity (Wildman–Crippen MR) is 61.0 cm³/mol. The Kier molecular flexibility index (Phi) is 5.59. The molecule has 0 spiro atoms. The minimum absolute atomic E-state index is 0.0353. The van der Waals surface area contributed by atoms with Crippen LogP contribution in [0.25, 0.3) is 0 Å². The predicted octanol–water partition coefficient (Wildman–Crippen LogP) is 0.492. The molecule has 17 heavy (non-hydrogen) atoms. The molecular formula is C12H16FNO3. The summed E-state index contributed by atoms with van der Waals surface area (Å²) in [7, 11) is 1.46. The SMILES string of the molecule is COCC(O)CNC(=O)Cc1ccccc1F. The number of benzene rings is 1. The van der Waals surface area contributed by atoms with Crippen molar-refractivity contribution in [1.29, 1.82) is 0 Å². The second kappa shape index (κ2) is 6.98. The molecule has 1 amide bonds. The Morgan fingerprint density at radius 2 is 2.24 bits per heavy atom. The minimum Gasteiger partial charge on any atom is -0.389 e. The Bertz CT molecular complexity index is 371. The van der Waals surface area contributed by atoms with Crippen molar-refractivity contribution in [3.63, 3.8) is 0 Å². The van der Waals surface area contributed by atoms with Crippen molar-refractivity contribution >= 4 is 5.91 Å². The molecule has 0 saturated carbocycles. The first-order valence-corrected chi connectivity index (χ1v) is 5.30. The van der Waals surface area contributed by atoms with E-state index in [0.717, 1.165) is 0 Å². The van der Waals surface area contributed by atoms with Gasteiger partial charge in [-0.25, -0.2) is 4.39 Å². The van der Waals surface area contributed by atoms with E-state index in [-0.39, 0.29) is 25.5 Å². The van der Waals surface area contributed by atoms with Crippen molar-refractivity contribution in [1.82, 2.24) is 5.32 Å². The molecule has 0 aliphatic heterocycles. The number of methoxy groups -OCH3 is 1. The molecule has 4 nitrogen and oxygen atoms in total. The number of rotatable bonds is 6. The van der Waals surface area contributed by atoms with Gasteiger partial charge in [-0.05, 0) is 11.6 Å². The maximum atomic E-state index is 13.2. The fourth-order valence-electron chi connectivity index (χ4n) is 1.36. The van der Waals surface area contributed by atoms with E-state index in [0.29, 0.717) is 5.56 Å². The maximum absolute atomic E-state index is 13.2. The molecule has 0 aliphatic rings. The smallest absolute Gasteiger partial charge is 0.224 e. The molecule has 0 fully saturated rings. The summed E-state index contributed by atoms with van der Waals surface area (Å²) in [6.07, 6.45) is -0.781. The molecule has 5 heteroatoms. The summed E-state index contributed by atoms with van der Waals surface area (Å²) >= 11 is 0. The summed E-state index contributed by atoms with van der Waals surface area (Å²) in [4.78, 5) is 11.4. The summed E-state index contributed by atoms with van der Waals surface area (Å²) in [6.45, 7) is 0.251. The van der Waals surface area contributed by atoms with Gasteiger partial charge in [-0.15, -0.1) is 0 Å². The Morgan fingerprint density at radius 3 is 2.88 bits per heavy atom. The van der Waals surface area contributed by atoms with Crippen LogP contribution in [-0.2, 0) is 16.0 Å². The van der Waals surface area contributed by atoms with Gasteiger partial charge in [-0.2, -0.15) is 0 Å². The van der Waals surface area contributed by atoms with E-state index in [2.05, 4.69) is 5.32 Å². The van der Waals surface area contributed by atoms with Crippen molar-refractivity contribution in [3.8, 4) is 0 Å². The third-order valence-electron chi connectivity index (χ3n) is 2.20. The fraction of sp³-hybridized carbons (Fsp3) is 0.417. The number of nitrogens with one attached hydrogen (secondary N) is 1. The Labute approximate surface area is 99.4 Å². The van der Waals surface area contributed by atoms with Crippen molar-refractivity contribution in [3.05, 3.63) is 35.6 Å². The van der Waals surface area contributed by atoms with Gasteiger partial charge in [0.2, 0.25) is 5.91 Å². The van der Waals surface area contributed by atoms with E-state index in [4.69, 9.17) is 4.74 Å². The molecule has 0 aromatic heterocycles. The molecular weight excluding hydrogens is 225 g/mol. The van der Waals surface area contributed by atoms with E-state index in [1.54, 1.807) is 18.2 Å². The monoisotopic (exact) mass is 241 g/mol. The highest BCUT2D eigenvalue weighted by Gasteiger charge is 2.09. The maximum Gasteiger partial charge on any atom is 0.224 e. The van der Waals surface area contributed by atoms with E-state index >= 15 is 0 Å².